The number of aromatic nitrogens is 2. The fourth-order valence-electron chi connectivity index (χ4n) is 2.66. The maximum absolute atomic E-state index is 11.8. The average molecular weight is 373 g/mol. The summed E-state index contributed by atoms with van der Waals surface area (Å²) in [6.07, 6.45) is 8.45. The highest BCUT2D eigenvalue weighted by atomic mass is 35.5. The third kappa shape index (κ3) is 3.04. The molecule has 0 N–H and O–H groups in total. The van der Waals surface area contributed by atoms with Crippen molar-refractivity contribution in [2.75, 3.05) is 0 Å². The van der Waals surface area contributed by atoms with Crippen LogP contribution in [0.25, 0.3) is 11.3 Å². The third-order valence-electron chi connectivity index (χ3n) is 3.83. The lowest BCUT2D eigenvalue weighted by atomic mass is 10.0. The number of benzene rings is 1. The number of hydrogen-bond acceptors (Lipinski definition) is 4. The van der Waals surface area contributed by atoms with Gasteiger partial charge in [0.05, 0.1) is 22.5 Å². The molecule has 0 fully saturated rings. The summed E-state index contributed by atoms with van der Waals surface area (Å²) in [5, 5.41) is 1.54. The predicted octanol–water partition coefficient (Wildman–Crippen LogP) is 3.17. The van der Waals surface area contributed by atoms with E-state index in [1.807, 2.05) is 42.0 Å². The van der Waals surface area contributed by atoms with Gasteiger partial charge in [0.2, 0.25) is 0 Å². The van der Waals surface area contributed by atoms with Crippen molar-refractivity contribution in [3.63, 3.8) is 0 Å². The Labute approximate surface area is 150 Å². The van der Waals surface area contributed by atoms with Gasteiger partial charge in [-0.3, -0.25) is 0 Å². The van der Waals surface area contributed by atoms with Crippen LogP contribution in [0.3, 0.4) is 0 Å². The van der Waals surface area contributed by atoms with Crippen LogP contribution in [0.4, 0.5) is 0 Å². The number of hydrogen-bond donors (Lipinski definition) is 0. The van der Waals surface area contributed by atoms with E-state index in [1.165, 1.54) is 6.20 Å². The SMILES string of the molecule is Cc1cn(-c2ccc(C3=CC(Cl)=CN4C=CS(=O)(=O)N=C34)cc2)cn1. The molecule has 3 heterocycles. The monoisotopic (exact) mass is 372 g/mol. The lowest BCUT2D eigenvalue weighted by Gasteiger charge is -2.26. The molecular formula is C17H13ClN4O2S. The molecule has 2 aromatic rings. The van der Waals surface area contributed by atoms with Crippen LogP contribution in [0.15, 0.2) is 70.1 Å². The predicted molar refractivity (Wildman–Crippen MR) is 97.5 cm³/mol. The topological polar surface area (TPSA) is 67.6 Å². The van der Waals surface area contributed by atoms with Crippen molar-refractivity contribution in [2.45, 2.75) is 6.92 Å². The Balaban J connectivity index is 1.75. The highest BCUT2D eigenvalue weighted by Gasteiger charge is 2.25. The van der Waals surface area contributed by atoms with Gasteiger partial charge in [-0.05, 0) is 30.7 Å². The number of sulfonamides is 1. The zero-order chi connectivity index (χ0) is 17.6. The molecule has 0 amide bonds. The van der Waals surface area contributed by atoms with Crippen LogP contribution in [0, 0.1) is 6.92 Å². The van der Waals surface area contributed by atoms with E-state index >= 15 is 0 Å². The zero-order valence-corrected chi connectivity index (χ0v) is 14.7. The van der Waals surface area contributed by atoms with E-state index in [1.54, 1.807) is 23.5 Å². The molecule has 0 atom stereocenters. The van der Waals surface area contributed by atoms with Gasteiger partial charge in [0.15, 0.2) is 5.84 Å². The smallest absolute Gasteiger partial charge is 0.278 e. The summed E-state index contributed by atoms with van der Waals surface area (Å²) in [4.78, 5) is 5.81. The van der Waals surface area contributed by atoms with Gasteiger partial charge < -0.3 is 9.47 Å². The molecule has 126 valence electrons. The Morgan fingerprint density at radius 2 is 1.92 bits per heavy atom. The van der Waals surface area contributed by atoms with Crippen molar-refractivity contribution in [3.8, 4) is 5.69 Å². The van der Waals surface area contributed by atoms with Gasteiger partial charge >= 0.3 is 0 Å². The standard InChI is InChI=1S/C17H13ClN4O2S/c1-12-9-22(11-19-12)15-4-2-13(3-5-15)16-8-14(18)10-21-6-7-25(23,24)20-17(16)21/h2-11H,1H3. The number of halogens is 1. The van der Waals surface area contributed by atoms with E-state index < -0.39 is 10.0 Å². The van der Waals surface area contributed by atoms with Crippen LogP contribution in [0.1, 0.15) is 11.3 Å². The number of nitrogens with zero attached hydrogens (tertiary/aromatic N) is 4. The number of rotatable bonds is 2. The second kappa shape index (κ2) is 5.72. The largest absolute Gasteiger partial charge is 0.306 e. The van der Waals surface area contributed by atoms with Gasteiger partial charge in [-0.25, -0.2) is 4.98 Å². The van der Waals surface area contributed by atoms with Gasteiger partial charge in [-0.1, -0.05) is 23.7 Å². The Morgan fingerprint density at radius 1 is 1.16 bits per heavy atom. The van der Waals surface area contributed by atoms with Crippen LogP contribution >= 0.6 is 11.6 Å². The molecule has 1 aromatic heterocycles. The molecule has 2 aliphatic heterocycles. The summed E-state index contributed by atoms with van der Waals surface area (Å²) in [5.41, 5.74) is 3.35. The van der Waals surface area contributed by atoms with Gasteiger partial charge in [0.25, 0.3) is 10.0 Å². The molecule has 0 unspecified atom stereocenters. The second-order valence-electron chi connectivity index (χ2n) is 5.66. The van der Waals surface area contributed by atoms with Crippen molar-refractivity contribution < 1.29 is 8.42 Å². The van der Waals surface area contributed by atoms with Crippen molar-refractivity contribution in [3.05, 3.63) is 77.0 Å². The first-order chi connectivity index (χ1) is 11.9. The summed E-state index contributed by atoms with van der Waals surface area (Å²) in [6, 6.07) is 7.67. The maximum atomic E-state index is 11.8. The minimum Gasteiger partial charge on any atom is -0.306 e. The van der Waals surface area contributed by atoms with E-state index in [0.717, 1.165) is 22.4 Å². The number of fused-ring (bicyclic) bond motifs is 1. The Morgan fingerprint density at radius 3 is 2.60 bits per heavy atom. The fraction of sp³-hybridized carbons (Fsp3) is 0.0588. The Bertz CT molecular complexity index is 1080. The number of aryl methyl sites for hydroxylation is 1. The number of allylic oxidation sites excluding steroid dienone is 2. The first-order valence-corrected chi connectivity index (χ1v) is 9.32. The van der Waals surface area contributed by atoms with E-state index in [9.17, 15) is 8.42 Å². The lowest BCUT2D eigenvalue weighted by Crippen LogP contribution is -2.28. The van der Waals surface area contributed by atoms with Gasteiger partial charge in [0.1, 0.15) is 0 Å². The lowest BCUT2D eigenvalue weighted by molar-refractivity contribution is 0.602. The van der Waals surface area contributed by atoms with Crippen LogP contribution in [-0.2, 0) is 10.0 Å². The summed E-state index contributed by atoms with van der Waals surface area (Å²) >= 11 is 6.17. The fourth-order valence-corrected chi connectivity index (χ4v) is 3.66. The minimum absolute atomic E-state index is 0.332. The quantitative estimate of drug-likeness (QED) is 0.812. The molecule has 0 saturated carbocycles. The molecule has 1 aromatic carbocycles. The zero-order valence-electron chi connectivity index (χ0n) is 13.2. The molecular weight excluding hydrogens is 360 g/mol. The second-order valence-corrected chi connectivity index (χ2v) is 7.58. The van der Waals surface area contributed by atoms with Crippen LogP contribution in [0.5, 0.6) is 0 Å². The Hall–Kier alpha value is -2.64. The molecule has 6 nitrogen and oxygen atoms in total. The molecule has 4 rings (SSSR count). The van der Waals surface area contributed by atoms with E-state index in [-0.39, 0.29) is 0 Å². The van der Waals surface area contributed by atoms with Crippen molar-refractivity contribution in [1.29, 1.82) is 0 Å². The summed E-state index contributed by atoms with van der Waals surface area (Å²) < 4.78 is 29.4. The van der Waals surface area contributed by atoms with E-state index in [4.69, 9.17) is 11.6 Å². The summed E-state index contributed by atoms with van der Waals surface area (Å²) in [6.45, 7) is 1.93. The van der Waals surface area contributed by atoms with Crippen molar-refractivity contribution >= 4 is 33.0 Å². The van der Waals surface area contributed by atoms with Crippen LogP contribution in [-0.4, -0.2) is 28.7 Å². The highest BCUT2D eigenvalue weighted by molar-refractivity contribution is 7.93. The van der Waals surface area contributed by atoms with Gasteiger partial charge in [-0.15, -0.1) is 4.40 Å². The molecule has 8 heteroatoms. The summed E-state index contributed by atoms with van der Waals surface area (Å²) in [5.74, 6) is 0.332. The Kier molecular flexibility index (Phi) is 3.63. The van der Waals surface area contributed by atoms with E-state index in [0.29, 0.717) is 16.4 Å². The first kappa shape index (κ1) is 15.9. The van der Waals surface area contributed by atoms with E-state index in [2.05, 4.69) is 9.38 Å². The molecule has 25 heavy (non-hydrogen) atoms. The summed E-state index contributed by atoms with van der Waals surface area (Å²) in [7, 11) is -3.62. The van der Waals surface area contributed by atoms with Crippen LogP contribution < -0.4 is 0 Å². The third-order valence-corrected chi connectivity index (χ3v) is 4.93. The number of imidazole rings is 1. The molecule has 0 saturated heterocycles. The maximum Gasteiger partial charge on any atom is 0.278 e. The van der Waals surface area contributed by atoms with Crippen molar-refractivity contribution in [2.24, 2.45) is 4.40 Å². The first-order valence-electron chi connectivity index (χ1n) is 7.44. The molecule has 0 aliphatic carbocycles. The van der Waals surface area contributed by atoms with Crippen molar-refractivity contribution in [1.82, 2.24) is 14.5 Å². The molecule has 0 radical (unpaired) electrons. The highest BCUT2D eigenvalue weighted by Crippen LogP contribution is 2.30. The molecule has 2 aliphatic rings. The molecule has 0 bridgehead atoms. The average Bonchev–Trinajstić information content (AvgIpc) is 3.01. The van der Waals surface area contributed by atoms with Gasteiger partial charge in [-0.2, -0.15) is 8.42 Å². The van der Waals surface area contributed by atoms with Crippen LogP contribution in [0.2, 0.25) is 0 Å². The normalized spacial score (nSPS) is 18.3. The molecule has 0 spiro atoms. The minimum atomic E-state index is -3.62. The number of amidine groups is 1. The van der Waals surface area contributed by atoms with Gasteiger partial charge in [0, 0.05) is 29.9 Å².